The second kappa shape index (κ2) is 5.33. The number of nitrogens with one attached hydrogen (secondary N) is 2. The van der Waals surface area contributed by atoms with Crippen molar-refractivity contribution < 1.29 is 13.6 Å². The summed E-state index contributed by atoms with van der Waals surface area (Å²) >= 11 is -1.98. The van der Waals surface area contributed by atoms with Gasteiger partial charge in [0, 0.05) is 20.0 Å². The Morgan fingerprint density at radius 1 is 1.60 bits per heavy atom. The minimum atomic E-state index is -1.98. The van der Waals surface area contributed by atoms with Gasteiger partial charge < -0.3 is 5.32 Å². The fourth-order valence-corrected chi connectivity index (χ4v) is 0.654. The van der Waals surface area contributed by atoms with Crippen molar-refractivity contribution in [3.8, 4) is 0 Å². The van der Waals surface area contributed by atoms with Crippen LogP contribution in [0.15, 0.2) is 0 Å². The molecule has 60 valence electrons. The molecule has 0 spiro atoms. The molecular formula is C4H10N2O3S. The number of carbonyl (C=O) groups is 1. The van der Waals surface area contributed by atoms with Crippen molar-refractivity contribution in [1.82, 2.24) is 10.0 Å². The summed E-state index contributed by atoms with van der Waals surface area (Å²) in [5, 5.41) is 2.45. The van der Waals surface area contributed by atoms with Crippen LogP contribution in [0.2, 0.25) is 0 Å². The highest BCUT2D eigenvalue weighted by Gasteiger charge is 1.91. The summed E-state index contributed by atoms with van der Waals surface area (Å²) in [6.45, 7) is 2.04. The van der Waals surface area contributed by atoms with Crippen LogP contribution in [0.25, 0.3) is 0 Å². The quantitative estimate of drug-likeness (QED) is 0.364. The largest absolute Gasteiger partial charge is 0.355 e. The molecule has 0 bridgehead atoms. The van der Waals surface area contributed by atoms with Gasteiger partial charge in [0.15, 0.2) is 0 Å². The van der Waals surface area contributed by atoms with Crippen molar-refractivity contribution in [2.24, 2.45) is 0 Å². The highest BCUT2D eigenvalue weighted by molar-refractivity contribution is 7.77. The van der Waals surface area contributed by atoms with Crippen molar-refractivity contribution in [2.45, 2.75) is 6.92 Å². The first-order valence-corrected chi connectivity index (χ1v) is 3.82. The first kappa shape index (κ1) is 9.54. The molecular weight excluding hydrogens is 156 g/mol. The van der Waals surface area contributed by atoms with E-state index in [9.17, 15) is 9.00 Å². The van der Waals surface area contributed by atoms with Gasteiger partial charge in [-0.1, -0.05) is 0 Å². The van der Waals surface area contributed by atoms with Gasteiger partial charge in [-0.25, -0.2) is 8.93 Å². The molecule has 0 saturated carbocycles. The lowest BCUT2D eigenvalue weighted by Crippen LogP contribution is -2.30. The molecule has 0 aromatic heterocycles. The zero-order valence-corrected chi connectivity index (χ0v) is 6.40. The Kier molecular flexibility index (Phi) is 5.09. The summed E-state index contributed by atoms with van der Waals surface area (Å²) in [7, 11) is 0. The topological polar surface area (TPSA) is 78.4 Å². The zero-order valence-electron chi connectivity index (χ0n) is 5.59. The predicted octanol–water partition coefficient (Wildman–Crippen LogP) is -1.15. The Bertz CT molecular complexity index is 122. The number of amides is 1. The van der Waals surface area contributed by atoms with Crippen LogP contribution < -0.4 is 10.0 Å². The van der Waals surface area contributed by atoms with Gasteiger partial charge in [0.05, 0.1) is 0 Å². The Hall–Kier alpha value is -0.460. The van der Waals surface area contributed by atoms with E-state index in [-0.39, 0.29) is 5.91 Å². The molecule has 6 heteroatoms. The Morgan fingerprint density at radius 3 is 2.60 bits per heavy atom. The predicted molar refractivity (Wildman–Crippen MR) is 37.5 cm³/mol. The summed E-state index contributed by atoms with van der Waals surface area (Å²) in [5.74, 6) is -0.148. The number of hydrogen-bond acceptors (Lipinski definition) is 2. The molecule has 0 aromatic rings. The smallest absolute Gasteiger partial charge is 0.231 e. The van der Waals surface area contributed by atoms with Gasteiger partial charge in [-0.3, -0.25) is 9.35 Å². The van der Waals surface area contributed by atoms with Gasteiger partial charge in [-0.15, -0.1) is 0 Å². The van der Waals surface area contributed by atoms with Gasteiger partial charge in [0.1, 0.15) is 0 Å². The first-order valence-electron chi connectivity index (χ1n) is 2.71. The standard InChI is InChI=1S/C4H10N2O3S/c1-4(7)5-2-3-6-10(8)9/h6H,2-3H2,1H3,(H,5,7)(H,8,9). The fourth-order valence-electron chi connectivity index (χ4n) is 0.377. The number of carbonyl (C=O) groups excluding carboxylic acids is 1. The Morgan fingerprint density at radius 2 is 2.20 bits per heavy atom. The summed E-state index contributed by atoms with van der Waals surface area (Å²) < 4.78 is 20.3. The molecule has 5 nitrogen and oxygen atoms in total. The molecule has 0 aliphatic heterocycles. The molecule has 10 heavy (non-hydrogen) atoms. The van der Waals surface area contributed by atoms with Gasteiger partial charge >= 0.3 is 0 Å². The van der Waals surface area contributed by atoms with Crippen molar-refractivity contribution in [1.29, 1.82) is 0 Å². The van der Waals surface area contributed by atoms with Crippen LogP contribution in [0.1, 0.15) is 6.92 Å². The monoisotopic (exact) mass is 166 g/mol. The summed E-state index contributed by atoms with van der Waals surface area (Å²) in [4.78, 5) is 10.2. The van der Waals surface area contributed by atoms with Gasteiger partial charge in [-0.2, -0.15) is 0 Å². The maximum atomic E-state index is 10.2. The lowest BCUT2D eigenvalue weighted by atomic mass is 10.6. The van der Waals surface area contributed by atoms with E-state index >= 15 is 0 Å². The van der Waals surface area contributed by atoms with E-state index in [1.807, 2.05) is 0 Å². The van der Waals surface area contributed by atoms with Crippen LogP contribution in [0, 0.1) is 0 Å². The van der Waals surface area contributed by atoms with E-state index in [2.05, 4.69) is 10.0 Å². The van der Waals surface area contributed by atoms with E-state index in [1.54, 1.807) is 0 Å². The average Bonchev–Trinajstić information content (AvgIpc) is 1.79. The van der Waals surface area contributed by atoms with Crippen LogP contribution in [0.4, 0.5) is 0 Å². The molecule has 1 unspecified atom stereocenters. The van der Waals surface area contributed by atoms with E-state index in [1.165, 1.54) is 6.92 Å². The first-order chi connectivity index (χ1) is 4.63. The van der Waals surface area contributed by atoms with E-state index in [0.717, 1.165) is 0 Å². The summed E-state index contributed by atoms with van der Waals surface area (Å²) in [5.41, 5.74) is 0. The summed E-state index contributed by atoms with van der Waals surface area (Å²) in [6, 6.07) is 0. The van der Waals surface area contributed by atoms with Crippen LogP contribution in [-0.2, 0) is 16.1 Å². The average molecular weight is 166 g/mol. The number of rotatable bonds is 4. The third-order valence-electron chi connectivity index (χ3n) is 0.724. The molecule has 0 fully saturated rings. The molecule has 0 rings (SSSR count). The molecule has 0 saturated heterocycles. The van der Waals surface area contributed by atoms with Crippen LogP contribution >= 0.6 is 0 Å². The van der Waals surface area contributed by atoms with Crippen molar-refractivity contribution in [2.75, 3.05) is 13.1 Å². The lowest BCUT2D eigenvalue weighted by molar-refractivity contribution is -0.118. The molecule has 0 aromatic carbocycles. The van der Waals surface area contributed by atoms with Crippen molar-refractivity contribution in [3.05, 3.63) is 0 Å². The maximum Gasteiger partial charge on any atom is 0.231 e. The van der Waals surface area contributed by atoms with Crippen molar-refractivity contribution in [3.63, 3.8) is 0 Å². The molecule has 1 amide bonds. The molecule has 0 heterocycles. The Balaban J connectivity index is 3.06. The second-order valence-electron chi connectivity index (χ2n) is 1.63. The zero-order chi connectivity index (χ0) is 7.98. The lowest BCUT2D eigenvalue weighted by Gasteiger charge is -1.99. The molecule has 0 radical (unpaired) electrons. The normalized spacial score (nSPS) is 12.6. The van der Waals surface area contributed by atoms with E-state index in [0.29, 0.717) is 13.1 Å². The number of hydrogen-bond donors (Lipinski definition) is 3. The second-order valence-corrected chi connectivity index (χ2v) is 2.41. The minimum absolute atomic E-state index is 0.148. The third kappa shape index (κ3) is 7.54. The molecule has 0 aliphatic rings. The van der Waals surface area contributed by atoms with Gasteiger partial charge in [-0.05, 0) is 0 Å². The molecule has 1 atom stereocenters. The van der Waals surface area contributed by atoms with Gasteiger partial charge in [0.2, 0.25) is 17.2 Å². The molecule has 3 N–H and O–H groups in total. The minimum Gasteiger partial charge on any atom is -0.355 e. The van der Waals surface area contributed by atoms with E-state index in [4.69, 9.17) is 4.55 Å². The van der Waals surface area contributed by atoms with E-state index < -0.39 is 11.3 Å². The van der Waals surface area contributed by atoms with Crippen LogP contribution in [-0.4, -0.2) is 27.8 Å². The summed E-state index contributed by atoms with van der Waals surface area (Å²) in [6.07, 6.45) is 0. The van der Waals surface area contributed by atoms with Crippen LogP contribution in [0.3, 0.4) is 0 Å². The fraction of sp³-hybridized carbons (Fsp3) is 0.750. The van der Waals surface area contributed by atoms with Crippen molar-refractivity contribution >= 4 is 17.2 Å². The third-order valence-corrected chi connectivity index (χ3v) is 1.18. The highest BCUT2D eigenvalue weighted by Crippen LogP contribution is 1.63. The Labute approximate surface area is 61.6 Å². The maximum absolute atomic E-state index is 10.2. The van der Waals surface area contributed by atoms with Crippen LogP contribution in [0.5, 0.6) is 0 Å². The highest BCUT2D eigenvalue weighted by atomic mass is 32.2. The van der Waals surface area contributed by atoms with Gasteiger partial charge in [0.25, 0.3) is 0 Å². The SMILES string of the molecule is CC(=O)NCCNS(=O)O. The molecule has 0 aliphatic carbocycles.